The molecule has 0 aliphatic rings. The second kappa shape index (κ2) is 6.59. The van der Waals surface area contributed by atoms with E-state index in [1.807, 2.05) is 0 Å². The van der Waals surface area contributed by atoms with Crippen LogP contribution in [0.4, 0.5) is 0 Å². The van der Waals surface area contributed by atoms with Crippen LogP contribution < -0.4 is 4.18 Å². The fourth-order valence-corrected chi connectivity index (χ4v) is 2.64. The van der Waals surface area contributed by atoms with Gasteiger partial charge in [-0.15, -0.1) is 0 Å². The minimum Gasteiger partial charge on any atom is -0.379 e. The molecule has 0 unspecified atom stereocenters. The summed E-state index contributed by atoms with van der Waals surface area (Å²) in [6, 6.07) is 11.5. The predicted octanol–water partition coefficient (Wildman–Crippen LogP) is 3.36. The molecule has 2 rings (SSSR count). The minimum absolute atomic E-state index is 0.0388. The lowest BCUT2D eigenvalue weighted by Crippen LogP contribution is -2.09. The predicted molar refractivity (Wildman–Crippen MR) is 81.7 cm³/mol. The van der Waals surface area contributed by atoms with Gasteiger partial charge >= 0.3 is 10.1 Å². The summed E-state index contributed by atoms with van der Waals surface area (Å²) in [5, 5.41) is 10.7. The first kappa shape index (κ1) is 16.0. The molecule has 2 aromatic carbocycles. The molecular formula is C14H10ClNO5S. The molecule has 114 valence electrons. The van der Waals surface area contributed by atoms with Crippen LogP contribution in [0, 0.1) is 10.1 Å². The third kappa shape index (κ3) is 4.31. The second-order valence-electron chi connectivity index (χ2n) is 4.16. The maximum atomic E-state index is 12.1. The van der Waals surface area contributed by atoms with Crippen molar-refractivity contribution in [2.45, 2.75) is 4.90 Å². The molecule has 22 heavy (non-hydrogen) atoms. The molecular weight excluding hydrogens is 330 g/mol. The molecule has 0 amide bonds. The molecule has 0 radical (unpaired) electrons. The number of rotatable bonds is 5. The SMILES string of the molecule is O=[N+]([O-])/C=C/c1cccc(OS(=O)(=O)c2ccc(Cl)cc2)c1. The van der Waals surface area contributed by atoms with Crippen molar-refractivity contribution < 1.29 is 17.5 Å². The number of nitro groups is 1. The van der Waals surface area contributed by atoms with E-state index in [0.29, 0.717) is 10.6 Å². The van der Waals surface area contributed by atoms with Gasteiger partial charge in [-0.25, -0.2) is 0 Å². The van der Waals surface area contributed by atoms with Gasteiger partial charge in [0.2, 0.25) is 6.20 Å². The highest BCUT2D eigenvalue weighted by molar-refractivity contribution is 7.87. The summed E-state index contributed by atoms with van der Waals surface area (Å²) in [7, 11) is -3.99. The van der Waals surface area contributed by atoms with Gasteiger partial charge in [0, 0.05) is 11.1 Å². The number of halogens is 1. The van der Waals surface area contributed by atoms with E-state index in [0.717, 1.165) is 6.20 Å². The van der Waals surface area contributed by atoms with Crippen LogP contribution in [0.2, 0.25) is 5.02 Å². The molecule has 0 N–H and O–H groups in total. The van der Waals surface area contributed by atoms with E-state index in [1.54, 1.807) is 6.07 Å². The lowest BCUT2D eigenvalue weighted by Gasteiger charge is -2.07. The molecule has 8 heteroatoms. The first-order valence-corrected chi connectivity index (χ1v) is 7.77. The molecule has 2 aromatic rings. The van der Waals surface area contributed by atoms with Crippen LogP contribution >= 0.6 is 11.6 Å². The summed E-state index contributed by atoms with van der Waals surface area (Å²) in [6.45, 7) is 0. The first-order chi connectivity index (χ1) is 10.4. The van der Waals surface area contributed by atoms with Crippen LogP contribution in [0.5, 0.6) is 5.75 Å². The summed E-state index contributed by atoms with van der Waals surface area (Å²) >= 11 is 5.70. The van der Waals surface area contributed by atoms with Gasteiger partial charge in [0.1, 0.15) is 10.6 Å². The van der Waals surface area contributed by atoms with E-state index in [2.05, 4.69) is 0 Å². The molecule has 0 heterocycles. The third-order valence-electron chi connectivity index (χ3n) is 2.56. The van der Waals surface area contributed by atoms with Crippen molar-refractivity contribution >= 4 is 27.8 Å². The highest BCUT2D eigenvalue weighted by atomic mass is 35.5. The summed E-state index contributed by atoms with van der Waals surface area (Å²) in [6.07, 6.45) is 1.99. The van der Waals surface area contributed by atoms with E-state index >= 15 is 0 Å². The average Bonchev–Trinajstić information content (AvgIpc) is 2.45. The highest BCUT2D eigenvalue weighted by Gasteiger charge is 2.16. The smallest absolute Gasteiger partial charge is 0.339 e. The Morgan fingerprint density at radius 3 is 2.45 bits per heavy atom. The standard InChI is InChI=1S/C14H10ClNO5S/c15-12-4-6-14(7-5-12)22(19,20)21-13-3-1-2-11(10-13)8-9-16(17)18/h1-10H/b9-8+. The summed E-state index contributed by atoms with van der Waals surface area (Å²) in [4.78, 5) is 9.63. The molecule has 0 aliphatic heterocycles. The number of hydrogen-bond donors (Lipinski definition) is 0. The van der Waals surface area contributed by atoms with Gasteiger partial charge in [0.05, 0.1) is 4.92 Å². The molecule has 0 aliphatic carbocycles. The lowest BCUT2D eigenvalue weighted by molar-refractivity contribution is -0.400. The van der Waals surface area contributed by atoms with Crippen molar-refractivity contribution in [2.75, 3.05) is 0 Å². The fourth-order valence-electron chi connectivity index (χ4n) is 1.59. The number of benzene rings is 2. The molecule has 0 fully saturated rings. The van der Waals surface area contributed by atoms with E-state index in [-0.39, 0.29) is 10.6 Å². The van der Waals surface area contributed by atoms with E-state index in [4.69, 9.17) is 15.8 Å². The monoisotopic (exact) mass is 339 g/mol. The van der Waals surface area contributed by atoms with Crippen molar-refractivity contribution in [3.63, 3.8) is 0 Å². The van der Waals surface area contributed by atoms with Crippen LogP contribution in [0.25, 0.3) is 6.08 Å². The molecule has 0 saturated carbocycles. The van der Waals surface area contributed by atoms with Crippen LogP contribution in [-0.2, 0) is 10.1 Å². The normalized spacial score (nSPS) is 11.5. The maximum Gasteiger partial charge on any atom is 0.339 e. The largest absolute Gasteiger partial charge is 0.379 e. The zero-order chi connectivity index (χ0) is 16.2. The topological polar surface area (TPSA) is 86.5 Å². The second-order valence-corrected chi connectivity index (χ2v) is 6.15. The Hall–Kier alpha value is -2.38. The fraction of sp³-hybridized carbons (Fsp3) is 0. The van der Waals surface area contributed by atoms with Gasteiger partial charge < -0.3 is 4.18 Å². The summed E-state index contributed by atoms with van der Waals surface area (Å²) in [5.74, 6) is 0.0560. The van der Waals surface area contributed by atoms with Gasteiger partial charge in [-0.05, 0) is 42.0 Å². The molecule has 0 bridgehead atoms. The Morgan fingerprint density at radius 2 is 1.82 bits per heavy atom. The molecule has 0 saturated heterocycles. The Kier molecular flexibility index (Phi) is 4.79. The Balaban J connectivity index is 2.24. The first-order valence-electron chi connectivity index (χ1n) is 5.99. The highest BCUT2D eigenvalue weighted by Crippen LogP contribution is 2.21. The zero-order valence-corrected chi connectivity index (χ0v) is 12.6. The molecule has 0 aromatic heterocycles. The summed E-state index contributed by atoms with van der Waals surface area (Å²) < 4.78 is 29.2. The van der Waals surface area contributed by atoms with Crippen molar-refractivity contribution in [3.8, 4) is 5.75 Å². The van der Waals surface area contributed by atoms with Crippen molar-refractivity contribution in [1.82, 2.24) is 0 Å². The van der Waals surface area contributed by atoms with E-state index in [1.165, 1.54) is 48.5 Å². The number of nitrogens with zero attached hydrogens (tertiary/aromatic N) is 1. The molecule has 0 atom stereocenters. The number of hydrogen-bond acceptors (Lipinski definition) is 5. The summed E-state index contributed by atoms with van der Waals surface area (Å²) in [5.41, 5.74) is 0.445. The van der Waals surface area contributed by atoms with Crippen LogP contribution in [0.3, 0.4) is 0 Å². The molecule has 0 spiro atoms. The van der Waals surface area contributed by atoms with Gasteiger partial charge in [-0.1, -0.05) is 23.7 Å². The van der Waals surface area contributed by atoms with E-state index in [9.17, 15) is 18.5 Å². The Labute approximate surface area is 131 Å². The van der Waals surface area contributed by atoms with Gasteiger partial charge in [-0.3, -0.25) is 10.1 Å². The van der Waals surface area contributed by atoms with Crippen molar-refractivity contribution in [2.24, 2.45) is 0 Å². The van der Waals surface area contributed by atoms with Crippen molar-refractivity contribution in [3.05, 3.63) is 75.4 Å². The average molecular weight is 340 g/mol. The Morgan fingerprint density at radius 1 is 1.14 bits per heavy atom. The lowest BCUT2D eigenvalue weighted by atomic mass is 10.2. The van der Waals surface area contributed by atoms with Gasteiger partial charge in [0.15, 0.2) is 0 Å². The van der Waals surface area contributed by atoms with E-state index < -0.39 is 15.0 Å². The van der Waals surface area contributed by atoms with Crippen LogP contribution in [0.15, 0.2) is 59.6 Å². The zero-order valence-electron chi connectivity index (χ0n) is 11.0. The van der Waals surface area contributed by atoms with Crippen molar-refractivity contribution in [1.29, 1.82) is 0 Å². The molecule has 6 nitrogen and oxygen atoms in total. The van der Waals surface area contributed by atoms with Crippen LogP contribution in [0.1, 0.15) is 5.56 Å². The van der Waals surface area contributed by atoms with Gasteiger partial charge in [0.25, 0.3) is 0 Å². The minimum atomic E-state index is -3.99. The van der Waals surface area contributed by atoms with Crippen LogP contribution in [-0.4, -0.2) is 13.3 Å². The Bertz CT molecular complexity index is 815. The maximum absolute atomic E-state index is 12.1. The quantitative estimate of drug-likeness (QED) is 0.473. The van der Waals surface area contributed by atoms with Gasteiger partial charge in [-0.2, -0.15) is 8.42 Å². The third-order valence-corrected chi connectivity index (χ3v) is 4.07.